The van der Waals surface area contributed by atoms with Gasteiger partial charge in [-0.2, -0.15) is 0 Å². The van der Waals surface area contributed by atoms with E-state index in [9.17, 15) is 9.59 Å². The van der Waals surface area contributed by atoms with Gasteiger partial charge in [0.15, 0.2) is 5.78 Å². The van der Waals surface area contributed by atoms with E-state index in [0.29, 0.717) is 23.5 Å². The zero-order chi connectivity index (χ0) is 17.6. The Hall–Kier alpha value is -2.17. The lowest BCUT2D eigenvalue weighted by Gasteiger charge is -2.37. The number of hydrogen-bond acceptors (Lipinski definition) is 5. The zero-order valence-electron chi connectivity index (χ0n) is 14.8. The summed E-state index contributed by atoms with van der Waals surface area (Å²) in [6.45, 7) is 7.80. The molecule has 2 aliphatic rings. The first-order chi connectivity index (χ1) is 11.2. The Morgan fingerprint density at radius 2 is 2.00 bits per heavy atom. The van der Waals surface area contributed by atoms with E-state index < -0.39 is 11.8 Å². The Kier molecular flexibility index (Phi) is 3.98. The van der Waals surface area contributed by atoms with Crippen LogP contribution >= 0.6 is 0 Å². The molecule has 1 aliphatic heterocycles. The highest BCUT2D eigenvalue weighted by atomic mass is 16.5. The first kappa shape index (κ1) is 16.7. The summed E-state index contributed by atoms with van der Waals surface area (Å²) in [6.07, 6.45) is 1.17. The second kappa shape index (κ2) is 5.72. The fraction of sp³-hybridized carbons (Fsp3) is 0.526. The van der Waals surface area contributed by atoms with E-state index in [-0.39, 0.29) is 17.2 Å². The van der Waals surface area contributed by atoms with Gasteiger partial charge in [-0.1, -0.05) is 13.8 Å². The molecule has 0 spiro atoms. The second-order valence-electron chi connectivity index (χ2n) is 7.48. The summed E-state index contributed by atoms with van der Waals surface area (Å²) in [7, 11) is 1.36. The maximum Gasteiger partial charge on any atom is 0.315 e. The molecule has 2 unspecified atom stereocenters. The van der Waals surface area contributed by atoms with Crippen LogP contribution < -0.4 is 0 Å². The highest BCUT2D eigenvalue weighted by molar-refractivity contribution is 6.08. The summed E-state index contributed by atoms with van der Waals surface area (Å²) in [5, 5.41) is 0. The van der Waals surface area contributed by atoms with Crippen molar-refractivity contribution in [2.45, 2.75) is 46.5 Å². The number of furan rings is 1. The Morgan fingerprint density at radius 1 is 1.29 bits per heavy atom. The molecule has 5 heteroatoms. The lowest BCUT2D eigenvalue weighted by molar-refractivity contribution is -0.143. The molecule has 5 nitrogen and oxygen atoms in total. The Labute approximate surface area is 141 Å². The third-order valence-corrected chi connectivity index (χ3v) is 4.82. The predicted molar refractivity (Wildman–Crippen MR) is 89.8 cm³/mol. The molecule has 2 atom stereocenters. The minimum absolute atomic E-state index is 0.0467. The van der Waals surface area contributed by atoms with Crippen molar-refractivity contribution in [1.29, 1.82) is 0 Å². The molecular weight excluding hydrogens is 306 g/mol. The number of carbonyl (C=O) groups excluding carboxylic acids is 2. The molecule has 0 saturated heterocycles. The normalized spacial score (nSPS) is 26.0. The number of carbonyl (C=O) groups is 2. The van der Waals surface area contributed by atoms with Gasteiger partial charge < -0.3 is 9.15 Å². The van der Waals surface area contributed by atoms with Crippen LogP contribution in [0, 0.1) is 18.3 Å². The average molecular weight is 329 g/mol. The topological polar surface area (TPSA) is 68.9 Å². The molecule has 1 aromatic heterocycles. The van der Waals surface area contributed by atoms with Gasteiger partial charge in [0.2, 0.25) is 0 Å². The number of methoxy groups -OCH3 is 1. The van der Waals surface area contributed by atoms with Crippen LogP contribution in [0.15, 0.2) is 32.8 Å². The van der Waals surface area contributed by atoms with Crippen LogP contribution in [0.1, 0.15) is 51.1 Å². The van der Waals surface area contributed by atoms with E-state index >= 15 is 0 Å². The number of allylic oxidation sites excluding steroid dienone is 2. The molecule has 0 fully saturated rings. The van der Waals surface area contributed by atoms with Crippen molar-refractivity contribution in [3.63, 3.8) is 0 Å². The van der Waals surface area contributed by atoms with Gasteiger partial charge in [-0.25, -0.2) is 0 Å². The highest BCUT2D eigenvalue weighted by Crippen LogP contribution is 2.48. The number of Topliss-reactive ketones (excluding diaryl/α,β-unsaturated/α-hetero) is 1. The molecule has 0 aromatic carbocycles. The van der Waals surface area contributed by atoms with E-state index in [2.05, 4.69) is 18.8 Å². The van der Waals surface area contributed by atoms with Crippen LogP contribution in [0.25, 0.3) is 0 Å². The standard InChI is InChI=1S/C19H23NO4/c1-10-6-7-14(24-10)17-15(18(22)23-5)11(2)20-12-8-19(3,4)9-13(21)16(12)17/h6-7,15,17H,8-9H2,1-5H3. The molecule has 3 rings (SSSR count). The van der Waals surface area contributed by atoms with Gasteiger partial charge in [0, 0.05) is 23.4 Å². The van der Waals surface area contributed by atoms with Crippen LogP contribution in [-0.4, -0.2) is 24.6 Å². The third-order valence-electron chi connectivity index (χ3n) is 4.82. The number of aryl methyl sites for hydroxylation is 1. The summed E-state index contributed by atoms with van der Waals surface area (Å²) in [4.78, 5) is 29.9. The van der Waals surface area contributed by atoms with E-state index in [4.69, 9.17) is 9.15 Å². The molecule has 1 aromatic rings. The van der Waals surface area contributed by atoms with Crippen molar-refractivity contribution in [1.82, 2.24) is 0 Å². The zero-order valence-corrected chi connectivity index (χ0v) is 14.8. The van der Waals surface area contributed by atoms with Gasteiger partial charge in [0.25, 0.3) is 0 Å². The van der Waals surface area contributed by atoms with E-state index in [1.54, 1.807) is 0 Å². The van der Waals surface area contributed by atoms with Crippen LogP contribution in [-0.2, 0) is 14.3 Å². The van der Waals surface area contributed by atoms with E-state index in [0.717, 1.165) is 17.9 Å². The number of hydrogen-bond donors (Lipinski definition) is 0. The lowest BCUT2D eigenvalue weighted by Crippen LogP contribution is -2.39. The summed E-state index contributed by atoms with van der Waals surface area (Å²) in [5.41, 5.74) is 1.95. The summed E-state index contributed by atoms with van der Waals surface area (Å²) < 4.78 is 10.8. The van der Waals surface area contributed by atoms with Crippen molar-refractivity contribution < 1.29 is 18.7 Å². The smallest absolute Gasteiger partial charge is 0.315 e. The Balaban J connectivity index is 2.18. The number of ether oxygens (including phenoxy) is 1. The third kappa shape index (κ3) is 2.72. The SMILES string of the molecule is COC(=O)C1C(C)=NC2=C(C(=O)CC(C)(C)C2)C1c1ccc(C)o1. The van der Waals surface area contributed by atoms with Crippen LogP contribution in [0.5, 0.6) is 0 Å². The van der Waals surface area contributed by atoms with Crippen LogP contribution in [0.4, 0.5) is 0 Å². The van der Waals surface area contributed by atoms with Crippen LogP contribution in [0.3, 0.4) is 0 Å². The number of rotatable bonds is 2. The summed E-state index contributed by atoms with van der Waals surface area (Å²) in [5.74, 6) is -0.0473. The highest BCUT2D eigenvalue weighted by Gasteiger charge is 2.47. The first-order valence-electron chi connectivity index (χ1n) is 8.19. The fourth-order valence-corrected chi connectivity index (χ4v) is 3.81. The minimum atomic E-state index is -0.621. The van der Waals surface area contributed by atoms with Crippen molar-refractivity contribution in [3.8, 4) is 0 Å². The van der Waals surface area contributed by atoms with Gasteiger partial charge in [-0.05, 0) is 37.8 Å². The molecule has 2 heterocycles. The van der Waals surface area contributed by atoms with Gasteiger partial charge in [0.05, 0.1) is 13.0 Å². The molecular formula is C19H23NO4. The van der Waals surface area contributed by atoms with Crippen molar-refractivity contribution in [3.05, 3.63) is 34.9 Å². The first-order valence-corrected chi connectivity index (χ1v) is 8.19. The maximum absolute atomic E-state index is 12.9. The van der Waals surface area contributed by atoms with E-state index in [1.807, 2.05) is 26.0 Å². The van der Waals surface area contributed by atoms with Crippen LogP contribution in [0.2, 0.25) is 0 Å². The average Bonchev–Trinajstić information content (AvgIpc) is 2.90. The Morgan fingerprint density at radius 3 is 2.58 bits per heavy atom. The van der Waals surface area contributed by atoms with Gasteiger partial charge >= 0.3 is 5.97 Å². The number of nitrogens with zero attached hydrogens (tertiary/aromatic N) is 1. The van der Waals surface area contributed by atoms with Crippen molar-refractivity contribution in [2.24, 2.45) is 16.3 Å². The molecule has 0 bridgehead atoms. The quantitative estimate of drug-likeness (QED) is 0.778. The fourth-order valence-electron chi connectivity index (χ4n) is 3.81. The largest absolute Gasteiger partial charge is 0.468 e. The van der Waals surface area contributed by atoms with Crippen molar-refractivity contribution >= 4 is 17.5 Å². The second-order valence-corrected chi connectivity index (χ2v) is 7.48. The molecule has 128 valence electrons. The van der Waals surface area contributed by atoms with Crippen molar-refractivity contribution in [2.75, 3.05) is 7.11 Å². The molecule has 0 N–H and O–H groups in total. The maximum atomic E-state index is 12.9. The molecule has 0 saturated carbocycles. The van der Waals surface area contributed by atoms with Gasteiger partial charge in [-0.15, -0.1) is 0 Å². The number of aliphatic imine (C=N–C) groups is 1. The monoisotopic (exact) mass is 329 g/mol. The molecule has 24 heavy (non-hydrogen) atoms. The number of ketones is 1. The molecule has 1 aliphatic carbocycles. The lowest BCUT2D eigenvalue weighted by atomic mass is 9.68. The summed E-state index contributed by atoms with van der Waals surface area (Å²) in [6, 6.07) is 3.69. The van der Waals surface area contributed by atoms with E-state index in [1.165, 1.54) is 7.11 Å². The number of esters is 1. The Bertz CT molecular complexity index is 766. The molecule has 0 radical (unpaired) electrons. The predicted octanol–water partition coefficient (Wildman–Crippen LogP) is 3.58. The minimum Gasteiger partial charge on any atom is -0.468 e. The van der Waals surface area contributed by atoms with Gasteiger partial charge in [-0.3, -0.25) is 14.6 Å². The summed E-state index contributed by atoms with van der Waals surface area (Å²) >= 11 is 0. The van der Waals surface area contributed by atoms with Gasteiger partial charge in [0.1, 0.15) is 17.4 Å². The molecule has 0 amide bonds.